The zero-order valence-corrected chi connectivity index (χ0v) is 20.6. The van der Waals surface area contributed by atoms with Gasteiger partial charge in [-0.3, -0.25) is 4.79 Å². The highest BCUT2D eigenvalue weighted by molar-refractivity contribution is 7.89. The monoisotopic (exact) mass is 485 g/mol. The van der Waals surface area contributed by atoms with Gasteiger partial charge in [0.15, 0.2) is 4.80 Å². The summed E-state index contributed by atoms with van der Waals surface area (Å²) in [5, 5.41) is 0. The predicted octanol–water partition coefficient (Wildman–Crippen LogP) is 3.90. The van der Waals surface area contributed by atoms with E-state index in [0.29, 0.717) is 29.2 Å². The van der Waals surface area contributed by atoms with Gasteiger partial charge in [0.25, 0.3) is 5.91 Å². The summed E-state index contributed by atoms with van der Waals surface area (Å²) in [4.78, 5) is 17.8. The van der Waals surface area contributed by atoms with E-state index in [1.165, 1.54) is 39.9 Å². The van der Waals surface area contributed by atoms with Crippen molar-refractivity contribution >= 4 is 37.5 Å². The van der Waals surface area contributed by atoms with Gasteiger partial charge in [0, 0.05) is 18.7 Å². The average molecular weight is 486 g/mol. The number of amides is 1. The van der Waals surface area contributed by atoms with Crippen molar-refractivity contribution in [2.45, 2.75) is 38.1 Å². The van der Waals surface area contributed by atoms with Crippen molar-refractivity contribution in [3.05, 3.63) is 52.8 Å². The molecule has 3 aromatic rings. The largest absolute Gasteiger partial charge is 0.497 e. The fourth-order valence-corrected chi connectivity index (χ4v) is 6.11. The van der Waals surface area contributed by atoms with E-state index in [1.54, 1.807) is 11.7 Å². The molecule has 0 saturated heterocycles. The summed E-state index contributed by atoms with van der Waals surface area (Å²) in [6, 6.07) is 11.5. The third-order valence-electron chi connectivity index (χ3n) is 5.02. The summed E-state index contributed by atoms with van der Waals surface area (Å²) in [6.45, 7) is 5.06. The molecule has 0 unspecified atom stereocenters. The second kappa shape index (κ2) is 10.8. The zero-order chi connectivity index (χ0) is 24.0. The first-order valence-corrected chi connectivity index (χ1v) is 12.9. The van der Waals surface area contributed by atoms with Crippen LogP contribution in [-0.4, -0.2) is 43.4 Å². The first-order chi connectivity index (χ1) is 15.8. The van der Waals surface area contributed by atoms with Crippen LogP contribution >= 0.6 is 11.3 Å². The molecule has 0 N–H and O–H groups in total. The first-order valence-electron chi connectivity index (χ1n) is 10.7. The number of hydrogen-bond donors (Lipinski definition) is 0. The molecule has 1 heterocycles. The van der Waals surface area contributed by atoms with E-state index in [2.05, 4.69) is 10.9 Å². The molecule has 0 aliphatic heterocycles. The number of methoxy groups -OCH3 is 1. The molecule has 9 heteroatoms. The van der Waals surface area contributed by atoms with E-state index in [9.17, 15) is 13.2 Å². The highest BCUT2D eigenvalue weighted by Gasteiger charge is 2.23. The number of terminal acetylenes is 1. The predicted molar refractivity (Wildman–Crippen MR) is 131 cm³/mol. The van der Waals surface area contributed by atoms with Crippen LogP contribution in [0.25, 0.3) is 10.2 Å². The number of rotatable bonds is 9. The van der Waals surface area contributed by atoms with Gasteiger partial charge in [0.05, 0.1) is 28.8 Å². The number of fused-ring (bicyclic) bond motifs is 1. The molecule has 0 fully saturated rings. The lowest BCUT2D eigenvalue weighted by atomic mass is 10.2. The third-order valence-corrected chi connectivity index (χ3v) is 7.98. The van der Waals surface area contributed by atoms with Crippen LogP contribution in [0.15, 0.2) is 52.4 Å². The summed E-state index contributed by atoms with van der Waals surface area (Å²) >= 11 is 1.34. The van der Waals surface area contributed by atoms with Gasteiger partial charge < -0.3 is 9.30 Å². The van der Waals surface area contributed by atoms with E-state index >= 15 is 0 Å². The maximum absolute atomic E-state index is 12.9. The Kier molecular flexibility index (Phi) is 8.08. The van der Waals surface area contributed by atoms with E-state index in [0.717, 1.165) is 23.1 Å². The molecule has 174 valence electrons. The molecular formula is C24H27N3O4S2. The third kappa shape index (κ3) is 5.36. The first kappa shape index (κ1) is 24.7. The van der Waals surface area contributed by atoms with Gasteiger partial charge in [-0.15, -0.1) is 6.42 Å². The van der Waals surface area contributed by atoms with E-state index in [-0.39, 0.29) is 11.4 Å². The van der Waals surface area contributed by atoms with Gasteiger partial charge in [-0.2, -0.15) is 9.30 Å². The van der Waals surface area contributed by atoms with Crippen LogP contribution in [0.2, 0.25) is 0 Å². The lowest BCUT2D eigenvalue weighted by Gasteiger charge is -2.21. The van der Waals surface area contributed by atoms with Crippen LogP contribution in [0.1, 0.15) is 37.0 Å². The highest BCUT2D eigenvalue weighted by atomic mass is 32.2. The topological polar surface area (TPSA) is 81.0 Å². The minimum atomic E-state index is -3.61. The Bertz CT molecular complexity index is 1340. The molecule has 3 rings (SSSR count). The number of sulfonamides is 1. The van der Waals surface area contributed by atoms with E-state index in [1.807, 2.05) is 32.0 Å². The molecule has 0 saturated carbocycles. The Balaban J connectivity index is 1.96. The summed E-state index contributed by atoms with van der Waals surface area (Å²) in [7, 11) is -2.02. The molecule has 1 aromatic heterocycles. The second-order valence-corrected chi connectivity index (χ2v) is 10.3. The fourth-order valence-electron chi connectivity index (χ4n) is 3.43. The molecule has 7 nitrogen and oxygen atoms in total. The number of carbonyl (C=O) groups excluding carboxylic acids is 1. The van der Waals surface area contributed by atoms with E-state index in [4.69, 9.17) is 11.2 Å². The zero-order valence-electron chi connectivity index (χ0n) is 18.9. The number of hydrogen-bond acceptors (Lipinski definition) is 5. The molecule has 0 radical (unpaired) electrons. The molecule has 0 aliphatic rings. The maximum Gasteiger partial charge on any atom is 0.279 e. The number of carbonyl (C=O) groups is 1. The van der Waals surface area contributed by atoms with Gasteiger partial charge in [-0.25, -0.2) is 8.42 Å². The van der Waals surface area contributed by atoms with Crippen molar-refractivity contribution in [1.29, 1.82) is 0 Å². The van der Waals surface area contributed by atoms with Crippen LogP contribution in [0.4, 0.5) is 0 Å². The van der Waals surface area contributed by atoms with Crippen molar-refractivity contribution < 1.29 is 17.9 Å². The van der Waals surface area contributed by atoms with Crippen molar-refractivity contribution in [2.24, 2.45) is 4.99 Å². The van der Waals surface area contributed by atoms with Crippen LogP contribution in [0.3, 0.4) is 0 Å². The van der Waals surface area contributed by atoms with Crippen molar-refractivity contribution in [2.75, 3.05) is 20.2 Å². The number of aromatic nitrogens is 1. The fraction of sp³-hybridized carbons (Fsp3) is 0.333. The molecule has 0 aliphatic carbocycles. The quantitative estimate of drug-likeness (QED) is 0.431. The SMILES string of the molecule is C#CCn1c(=NC(=O)c2ccc(S(=O)(=O)N(CCC)CCC)cc2)sc2cc(OC)ccc21. The van der Waals surface area contributed by atoms with Crippen molar-refractivity contribution in [3.8, 4) is 18.1 Å². The molecule has 2 aromatic carbocycles. The minimum absolute atomic E-state index is 0.164. The number of nitrogens with zero attached hydrogens (tertiary/aromatic N) is 3. The second-order valence-electron chi connectivity index (χ2n) is 7.35. The van der Waals surface area contributed by atoms with Crippen molar-refractivity contribution in [1.82, 2.24) is 8.87 Å². The smallest absolute Gasteiger partial charge is 0.279 e. The van der Waals surface area contributed by atoms with E-state index < -0.39 is 15.9 Å². The molecule has 0 bridgehead atoms. The Morgan fingerprint density at radius 1 is 1.15 bits per heavy atom. The van der Waals surface area contributed by atoms with Gasteiger partial charge in [0.1, 0.15) is 5.75 Å². The molecule has 33 heavy (non-hydrogen) atoms. The maximum atomic E-state index is 12.9. The molecule has 1 amide bonds. The van der Waals surface area contributed by atoms with Gasteiger partial charge in [0.2, 0.25) is 10.0 Å². The minimum Gasteiger partial charge on any atom is -0.497 e. The Morgan fingerprint density at radius 2 is 1.82 bits per heavy atom. The number of benzene rings is 2. The van der Waals surface area contributed by atoms with Crippen molar-refractivity contribution in [3.63, 3.8) is 0 Å². The Labute approximate surface area is 198 Å². The lowest BCUT2D eigenvalue weighted by Crippen LogP contribution is -2.32. The molecule has 0 spiro atoms. The summed E-state index contributed by atoms with van der Waals surface area (Å²) in [5.74, 6) is 2.83. The van der Waals surface area contributed by atoms with Crippen LogP contribution in [-0.2, 0) is 16.6 Å². The number of thiazole rings is 1. The lowest BCUT2D eigenvalue weighted by molar-refractivity contribution is 0.0998. The summed E-state index contributed by atoms with van der Waals surface area (Å²) < 4.78 is 35.3. The van der Waals surface area contributed by atoms with Gasteiger partial charge in [-0.05, 0) is 55.3 Å². The number of ether oxygens (including phenoxy) is 1. The highest BCUT2D eigenvalue weighted by Crippen LogP contribution is 2.23. The summed E-state index contributed by atoms with van der Waals surface area (Å²) in [5.41, 5.74) is 1.16. The van der Waals surface area contributed by atoms with Crippen LogP contribution in [0, 0.1) is 12.3 Å². The van der Waals surface area contributed by atoms with Gasteiger partial charge in [-0.1, -0.05) is 31.1 Å². The van der Waals surface area contributed by atoms with Crippen LogP contribution < -0.4 is 9.54 Å². The van der Waals surface area contributed by atoms with Crippen LogP contribution in [0.5, 0.6) is 5.75 Å². The molecular weight excluding hydrogens is 458 g/mol. The summed E-state index contributed by atoms with van der Waals surface area (Å²) in [6.07, 6.45) is 6.98. The average Bonchev–Trinajstić information content (AvgIpc) is 3.15. The van der Waals surface area contributed by atoms with Gasteiger partial charge >= 0.3 is 0 Å². The normalized spacial score (nSPS) is 12.3. The Hall–Kier alpha value is -2.93. The molecule has 0 atom stereocenters. The Morgan fingerprint density at radius 3 is 2.39 bits per heavy atom. The standard InChI is InChI=1S/C24H27N3O4S2/c1-5-14-26(15-6-2)33(29,30)20-11-8-18(9-12-20)23(28)25-24-27(16-7-3)21-13-10-19(31-4)17-22(21)32-24/h3,8-13,17H,5-6,14-16H2,1-2,4H3.